The predicted molar refractivity (Wildman–Crippen MR) is 75.9 cm³/mol. The maximum atomic E-state index is 12.0. The summed E-state index contributed by atoms with van der Waals surface area (Å²) in [6.45, 7) is 1.92. The van der Waals surface area contributed by atoms with Crippen LogP contribution in [0.15, 0.2) is 47.9 Å². The quantitative estimate of drug-likeness (QED) is 0.677. The Kier molecular flexibility index (Phi) is 4.27. The van der Waals surface area contributed by atoms with E-state index in [1.54, 1.807) is 31.2 Å². The largest absolute Gasteiger partial charge is 0.503 e. The molecule has 0 saturated heterocycles. The lowest BCUT2D eigenvalue weighted by Crippen LogP contribution is -2.25. The van der Waals surface area contributed by atoms with Crippen molar-refractivity contribution in [3.05, 3.63) is 47.9 Å². The van der Waals surface area contributed by atoms with Gasteiger partial charge in [-0.25, -0.2) is 4.79 Å². The molecule has 0 aliphatic carbocycles. The zero-order chi connectivity index (χ0) is 15.4. The fourth-order valence-electron chi connectivity index (χ4n) is 1.91. The van der Waals surface area contributed by atoms with Gasteiger partial charge in [0.1, 0.15) is 5.75 Å². The second-order valence-corrected chi connectivity index (χ2v) is 4.19. The van der Waals surface area contributed by atoms with Gasteiger partial charge in [-0.1, -0.05) is 0 Å². The number of ether oxygens (including phenoxy) is 2. The van der Waals surface area contributed by atoms with Crippen LogP contribution in [-0.2, 0) is 14.3 Å². The second-order valence-electron chi connectivity index (χ2n) is 4.19. The summed E-state index contributed by atoms with van der Waals surface area (Å²) in [5, 5.41) is 9.60. The Bertz CT molecular complexity index is 615. The average Bonchev–Trinajstić information content (AvgIpc) is 2.74. The Morgan fingerprint density at radius 2 is 2.00 bits per heavy atom. The smallest absolute Gasteiger partial charge is 0.332 e. The molecule has 0 spiro atoms. The average molecular weight is 289 g/mol. The van der Waals surface area contributed by atoms with E-state index in [2.05, 4.69) is 0 Å². The normalized spacial score (nSPS) is 16.1. The van der Waals surface area contributed by atoms with Crippen molar-refractivity contribution >= 4 is 17.6 Å². The Morgan fingerprint density at radius 1 is 1.33 bits per heavy atom. The van der Waals surface area contributed by atoms with Gasteiger partial charge in [-0.05, 0) is 31.2 Å². The molecule has 1 aromatic carbocycles. The fourth-order valence-corrected chi connectivity index (χ4v) is 1.91. The van der Waals surface area contributed by atoms with Gasteiger partial charge in [0, 0.05) is 17.8 Å². The monoisotopic (exact) mass is 289 g/mol. The van der Waals surface area contributed by atoms with Crippen LogP contribution in [0.1, 0.15) is 6.92 Å². The van der Waals surface area contributed by atoms with E-state index in [9.17, 15) is 14.7 Å². The van der Waals surface area contributed by atoms with Gasteiger partial charge in [-0.15, -0.1) is 0 Å². The molecular formula is C15H15NO5. The molecule has 1 aromatic rings. The van der Waals surface area contributed by atoms with Crippen molar-refractivity contribution in [1.82, 2.24) is 0 Å². The first-order valence-corrected chi connectivity index (χ1v) is 6.34. The molecule has 0 radical (unpaired) electrons. The summed E-state index contributed by atoms with van der Waals surface area (Å²) >= 11 is 0. The molecule has 0 fully saturated rings. The lowest BCUT2D eigenvalue weighted by molar-refractivity contribution is -0.137. The number of aliphatic hydroxyl groups is 1. The number of carbonyl (C=O) groups excluding carboxylic acids is 2. The van der Waals surface area contributed by atoms with Crippen LogP contribution in [0, 0.1) is 0 Å². The lowest BCUT2D eigenvalue weighted by atomic mass is 10.2. The van der Waals surface area contributed by atoms with Gasteiger partial charge in [0.15, 0.2) is 5.76 Å². The summed E-state index contributed by atoms with van der Waals surface area (Å²) in [4.78, 5) is 24.7. The zero-order valence-corrected chi connectivity index (χ0v) is 11.7. The predicted octanol–water partition coefficient (Wildman–Crippen LogP) is 1.93. The minimum absolute atomic E-state index is 0.231. The number of esters is 1. The first kappa shape index (κ1) is 14.6. The number of methoxy groups -OCH3 is 1. The highest BCUT2D eigenvalue weighted by Crippen LogP contribution is 2.29. The molecule has 0 aromatic heterocycles. The van der Waals surface area contributed by atoms with Gasteiger partial charge < -0.3 is 14.6 Å². The second kappa shape index (κ2) is 6.13. The van der Waals surface area contributed by atoms with Gasteiger partial charge in [-0.3, -0.25) is 9.69 Å². The number of amides is 1. The topological polar surface area (TPSA) is 76.1 Å². The summed E-state index contributed by atoms with van der Waals surface area (Å²) in [5.74, 6) is -0.972. The summed E-state index contributed by atoms with van der Waals surface area (Å²) in [6.07, 6.45) is 2.39. The number of rotatable bonds is 4. The van der Waals surface area contributed by atoms with Crippen LogP contribution < -0.4 is 9.64 Å². The van der Waals surface area contributed by atoms with E-state index in [-0.39, 0.29) is 12.3 Å². The van der Waals surface area contributed by atoms with Crippen LogP contribution in [-0.4, -0.2) is 30.7 Å². The summed E-state index contributed by atoms with van der Waals surface area (Å²) in [6, 6.07) is 6.67. The highest BCUT2D eigenvalue weighted by molar-refractivity contribution is 6.11. The number of aliphatic hydroxyl groups excluding tert-OH is 1. The molecule has 6 heteroatoms. The number of nitrogens with zero attached hydrogens (tertiary/aromatic N) is 1. The number of benzene rings is 1. The van der Waals surface area contributed by atoms with Crippen LogP contribution >= 0.6 is 0 Å². The van der Waals surface area contributed by atoms with Gasteiger partial charge in [0.25, 0.3) is 5.91 Å². The Balaban J connectivity index is 2.34. The fraction of sp³-hybridized carbons (Fsp3) is 0.200. The van der Waals surface area contributed by atoms with Crippen molar-refractivity contribution in [1.29, 1.82) is 0 Å². The van der Waals surface area contributed by atoms with Gasteiger partial charge in [0.2, 0.25) is 0 Å². The molecule has 1 N–H and O–H groups in total. The molecule has 0 saturated carbocycles. The van der Waals surface area contributed by atoms with E-state index in [1.807, 2.05) is 0 Å². The molecule has 1 aliphatic rings. The highest BCUT2D eigenvalue weighted by Gasteiger charge is 2.30. The number of anilines is 1. The minimum atomic E-state index is -0.601. The van der Waals surface area contributed by atoms with E-state index >= 15 is 0 Å². The van der Waals surface area contributed by atoms with Crippen LogP contribution in [0.2, 0.25) is 0 Å². The molecular weight excluding hydrogens is 274 g/mol. The van der Waals surface area contributed by atoms with Crippen LogP contribution in [0.5, 0.6) is 5.75 Å². The highest BCUT2D eigenvalue weighted by atomic mass is 16.5. The molecule has 0 atom stereocenters. The number of allylic oxidation sites excluding steroid dienone is 1. The minimum Gasteiger partial charge on any atom is -0.503 e. The maximum absolute atomic E-state index is 12.0. The van der Waals surface area contributed by atoms with Gasteiger partial charge in [0.05, 0.1) is 19.4 Å². The van der Waals surface area contributed by atoms with E-state index in [0.717, 1.165) is 6.08 Å². The number of carbonyl (C=O) groups is 2. The molecule has 0 unspecified atom stereocenters. The lowest BCUT2D eigenvalue weighted by Gasteiger charge is -2.18. The van der Waals surface area contributed by atoms with Crippen LogP contribution in [0.25, 0.3) is 0 Å². The van der Waals surface area contributed by atoms with Crippen LogP contribution in [0.3, 0.4) is 0 Å². The molecule has 1 heterocycles. The third kappa shape index (κ3) is 3.05. The first-order valence-electron chi connectivity index (χ1n) is 6.34. The number of hydrogen-bond acceptors (Lipinski definition) is 5. The third-order valence-corrected chi connectivity index (χ3v) is 2.85. The molecule has 1 aliphatic heterocycles. The Morgan fingerprint density at radius 3 is 2.57 bits per heavy atom. The molecule has 21 heavy (non-hydrogen) atoms. The molecule has 6 nitrogen and oxygen atoms in total. The Labute approximate surface area is 121 Å². The van der Waals surface area contributed by atoms with Crippen molar-refractivity contribution in [2.75, 3.05) is 18.6 Å². The van der Waals surface area contributed by atoms with Crippen molar-refractivity contribution in [2.24, 2.45) is 0 Å². The van der Waals surface area contributed by atoms with E-state index in [4.69, 9.17) is 9.47 Å². The molecule has 2 rings (SSSR count). The van der Waals surface area contributed by atoms with Crippen LogP contribution in [0.4, 0.5) is 5.69 Å². The number of hydrogen-bond donors (Lipinski definition) is 1. The molecule has 110 valence electrons. The summed E-state index contributed by atoms with van der Waals surface area (Å²) in [5.41, 5.74) is 0.762. The Hall–Kier alpha value is -2.76. The van der Waals surface area contributed by atoms with Crippen molar-refractivity contribution in [3.63, 3.8) is 0 Å². The standard InChI is InChI=1S/C15H15NO5/c1-3-21-14(18)9-11-8-13(17)15(19)16(11)10-4-6-12(20-2)7-5-10/h4-9,17H,3H2,1-2H3/b11-9+. The first-order chi connectivity index (χ1) is 10.1. The van der Waals surface area contributed by atoms with E-state index < -0.39 is 17.6 Å². The zero-order valence-electron chi connectivity index (χ0n) is 11.7. The summed E-state index contributed by atoms with van der Waals surface area (Å²) < 4.78 is 9.86. The molecule has 1 amide bonds. The molecule has 0 bridgehead atoms. The van der Waals surface area contributed by atoms with E-state index in [1.165, 1.54) is 18.1 Å². The van der Waals surface area contributed by atoms with E-state index in [0.29, 0.717) is 11.4 Å². The third-order valence-electron chi connectivity index (χ3n) is 2.85. The SMILES string of the molecule is CCOC(=O)/C=C1\C=C(O)C(=O)N1c1ccc(OC)cc1. The summed E-state index contributed by atoms with van der Waals surface area (Å²) in [7, 11) is 1.54. The van der Waals surface area contributed by atoms with Crippen molar-refractivity contribution in [3.8, 4) is 5.75 Å². The van der Waals surface area contributed by atoms with Gasteiger partial charge in [-0.2, -0.15) is 0 Å². The maximum Gasteiger partial charge on any atom is 0.332 e. The van der Waals surface area contributed by atoms with Gasteiger partial charge >= 0.3 is 5.97 Å². The van der Waals surface area contributed by atoms with Crippen molar-refractivity contribution in [2.45, 2.75) is 6.92 Å². The van der Waals surface area contributed by atoms with Crippen molar-refractivity contribution < 1.29 is 24.2 Å².